The lowest BCUT2D eigenvalue weighted by molar-refractivity contribution is 0.0548. The summed E-state index contributed by atoms with van der Waals surface area (Å²) >= 11 is 0. The molecule has 1 nitrogen and oxygen atoms in total. The molecule has 0 N–H and O–H groups in total. The molecule has 0 spiro atoms. The van der Waals surface area contributed by atoms with Crippen LogP contribution in [0.25, 0.3) is 0 Å². The van der Waals surface area contributed by atoms with Crippen molar-refractivity contribution in [3.8, 4) is 0 Å². The molecular weight excluding hydrogens is 146 g/mol. The molecule has 0 aromatic carbocycles. The van der Waals surface area contributed by atoms with Crippen LogP contribution < -0.4 is 0 Å². The molecule has 1 saturated carbocycles. The highest BCUT2D eigenvalue weighted by atomic mass is 15.2. The highest BCUT2D eigenvalue weighted by Gasteiger charge is 2.29. The number of rotatable bonds is 1. The van der Waals surface area contributed by atoms with Crippen LogP contribution in [0.1, 0.15) is 45.4 Å². The first kappa shape index (κ1) is 8.55. The van der Waals surface area contributed by atoms with E-state index in [-0.39, 0.29) is 0 Å². The van der Waals surface area contributed by atoms with Crippen molar-refractivity contribution in [2.24, 2.45) is 5.92 Å². The molecule has 1 heteroatoms. The van der Waals surface area contributed by atoms with Crippen LogP contribution >= 0.6 is 0 Å². The molecule has 0 unspecified atom stereocenters. The molecule has 0 radical (unpaired) electrons. The van der Waals surface area contributed by atoms with Crippen molar-refractivity contribution in [3.05, 3.63) is 0 Å². The fourth-order valence-electron chi connectivity index (χ4n) is 2.67. The zero-order valence-electron chi connectivity index (χ0n) is 8.26. The third-order valence-electron chi connectivity index (χ3n) is 3.43. The van der Waals surface area contributed by atoms with Gasteiger partial charge < -0.3 is 0 Å². The molecule has 1 heterocycles. The maximum absolute atomic E-state index is 2.70. The molecule has 70 valence electrons. The second kappa shape index (κ2) is 3.78. The third-order valence-corrected chi connectivity index (χ3v) is 3.43. The first-order chi connectivity index (χ1) is 5.86. The Morgan fingerprint density at radius 3 is 2.00 bits per heavy atom. The largest absolute Gasteiger partial charge is 0.300 e. The summed E-state index contributed by atoms with van der Waals surface area (Å²) in [5.41, 5.74) is 0. The Balaban J connectivity index is 1.78. The summed E-state index contributed by atoms with van der Waals surface area (Å²) in [4.78, 5) is 2.70. The molecule has 12 heavy (non-hydrogen) atoms. The average molecular weight is 167 g/mol. The molecule has 2 rings (SSSR count). The highest BCUT2D eigenvalue weighted by molar-refractivity contribution is 4.83. The van der Waals surface area contributed by atoms with Gasteiger partial charge in [0, 0.05) is 19.1 Å². The Morgan fingerprint density at radius 1 is 0.917 bits per heavy atom. The van der Waals surface area contributed by atoms with Gasteiger partial charge in [-0.25, -0.2) is 0 Å². The molecule has 2 aliphatic rings. The molecular formula is C11H21N. The summed E-state index contributed by atoms with van der Waals surface area (Å²) in [5.74, 6) is 0.980. The smallest absolute Gasteiger partial charge is 0.00955 e. The second-order valence-corrected chi connectivity index (χ2v) is 4.70. The van der Waals surface area contributed by atoms with E-state index in [0.29, 0.717) is 0 Å². The van der Waals surface area contributed by atoms with Gasteiger partial charge in [-0.15, -0.1) is 0 Å². The standard InChI is InChI=1S/C11H21N/c1-10-8-12(9-10)11-6-4-2-3-5-7-11/h10-11H,2-9H2,1H3. The van der Waals surface area contributed by atoms with Crippen molar-refractivity contribution in [2.75, 3.05) is 13.1 Å². The minimum absolute atomic E-state index is 0.962. The zero-order chi connectivity index (χ0) is 8.39. The maximum Gasteiger partial charge on any atom is 0.00955 e. The molecule has 0 amide bonds. The normalized spacial score (nSPS) is 29.8. The lowest BCUT2D eigenvalue weighted by Crippen LogP contribution is -2.50. The van der Waals surface area contributed by atoms with E-state index in [1.807, 2.05) is 0 Å². The molecule has 1 aliphatic heterocycles. The van der Waals surface area contributed by atoms with E-state index in [4.69, 9.17) is 0 Å². The van der Waals surface area contributed by atoms with E-state index in [1.54, 1.807) is 0 Å². The van der Waals surface area contributed by atoms with Crippen LogP contribution in [0.15, 0.2) is 0 Å². The summed E-state index contributed by atoms with van der Waals surface area (Å²) in [7, 11) is 0. The fourth-order valence-corrected chi connectivity index (χ4v) is 2.67. The third kappa shape index (κ3) is 1.82. The van der Waals surface area contributed by atoms with Gasteiger partial charge in [0.2, 0.25) is 0 Å². The summed E-state index contributed by atoms with van der Waals surface area (Å²) in [6, 6.07) is 0.962. The van der Waals surface area contributed by atoms with E-state index in [0.717, 1.165) is 12.0 Å². The first-order valence-corrected chi connectivity index (χ1v) is 5.60. The van der Waals surface area contributed by atoms with Crippen molar-refractivity contribution in [3.63, 3.8) is 0 Å². The Morgan fingerprint density at radius 2 is 1.50 bits per heavy atom. The van der Waals surface area contributed by atoms with Gasteiger partial charge in [0.1, 0.15) is 0 Å². The second-order valence-electron chi connectivity index (χ2n) is 4.70. The summed E-state index contributed by atoms with van der Waals surface area (Å²) < 4.78 is 0. The molecule has 0 aromatic heterocycles. The topological polar surface area (TPSA) is 3.24 Å². The van der Waals surface area contributed by atoms with Gasteiger partial charge in [0.05, 0.1) is 0 Å². The van der Waals surface area contributed by atoms with Crippen LogP contribution in [0.2, 0.25) is 0 Å². The van der Waals surface area contributed by atoms with Crippen molar-refractivity contribution < 1.29 is 0 Å². The Hall–Kier alpha value is -0.0400. The van der Waals surface area contributed by atoms with Crippen LogP contribution in [-0.4, -0.2) is 24.0 Å². The summed E-state index contributed by atoms with van der Waals surface area (Å²) in [5, 5.41) is 0. The van der Waals surface area contributed by atoms with E-state index in [2.05, 4.69) is 11.8 Å². The van der Waals surface area contributed by atoms with Gasteiger partial charge >= 0.3 is 0 Å². The molecule has 0 atom stereocenters. The number of likely N-dealkylation sites (tertiary alicyclic amines) is 1. The molecule has 2 fully saturated rings. The van der Waals surface area contributed by atoms with Gasteiger partial charge in [-0.1, -0.05) is 32.6 Å². The molecule has 0 bridgehead atoms. The van der Waals surface area contributed by atoms with Gasteiger partial charge in [0.25, 0.3) is 0 Å². The minimum Gasteiger partial charge on any atom is -0.300 e. The number of hydrogen-bond acceptors (Lipinski definition) is 1. The Kier molecular flexibility index (Phi) is 2.69. The Bertz CT molecular complexity index is 130. The van der Waals surface area contributed by atoms with Crippen LogP contribution in [0.3, 0.4) is 0 Å². The molecule has 0 aromatic rings. The summed E-state index contributed by atoms with van der Waals surface area (Å²) in [6.45, 7) is 5.13. The van der Waals surface area contributed by atoms with Gasteiger partial charge in [-0.05, 0) is 18.8 Å². The van der Waals surface area contributed by atoms with E-state index in [9.17, 15) is 0 Å². The lowest BCUT2D eigenvalue weighted by atomic mass is 9.96. The fraction of sp³-hybridized carbons (Fsp3) is 1.00. The van der Waals surface area contributed by atoms with E-state index < -0.39 is 0 Å². The van der Waals surface area contributed by atoms with Crippen LogP contribution in [0, 0.1) is 5.92 Å². The minimum atomic E-state index is 0.962. The van der Waals surface area contributed by atoms with Crippen molar-refractivity contribution in [2.45, 2.75) is 51.5 Å². The van der Waals surface area contributed by atoms with E-state index in [1.165, 1.54) is 51.6 Å². The van der Waals surface area contributed by atoms with Crippen LogP contribution in [-0.2, 0) is 0 Å². The SMILES string of the molecule is CC1CN(C2CCCCCC2)C1. The van der Waals surface area contributed by atoms with Crippen molar-refractivity contribution in [1.29, 1.82) is 0 Å². The summed E-state index contributed by atoms with van der Waals surface area (Å²) in [6.07, 6.45) is 8.89. The van der Waals surface area contributed by atoms with Gasteiger partial charge in [0.15, 0.2) is 0 Å². The van der Waals surface area contributed by atoms with Gasteiger partial charge in [-0.2, -0.15) is 0 Å². The van der Waals surface area contributed by atoms with Crippen LogP contribution in [0.5, 0.6) is 0 Å². The van der Waals surface area contributed by atoms with Gasteiger partial charge in [-0.3, -0.25) is 4.90 Å². The average Bonchev–Trinajstić information content (AvgIpc) is 2.26. The quantitative estimate of drug-likeness (QED) is 0.543. The van der Waals surface area contributed by atoms with E-state index >= 15 is 0 Å². The maximum atomic E-state index is 2.70. The molecule has 1 aliphatic carbocycles. The van der Waals surface area contributed by atoms with Crippen LogP contribution in [0.4, 0.5) is 0 Å². The monoisotopic (exact) mass is 167 g/mol. The highest BCUT2D eigenvalue weighted by Crippen LogP contribution is 2.27. The number of nitrogens with zero attached hydrogens (tertiary/aromatic N) is 1. The zero-order valence-corrected chi connectivity index (χ0v) is 8.26. The van der Waals surface area contributed by atoms with Crippen molar-refractivity contribution >= 4 is 0 Å². The molecule has 1 saturated heterocycles. The Labute approximate surface area is 76.1 Å². The number of hydrogen-bond donors (Lipinski definition) is 0. The predicted molar refractivity (Wildman–Crippen MR) is 52.2 cm³/mol. The predicted octanol–water partition coefficient (Wildman–Crippen LogP) is 2.66. The first-order valence-electron chi connectivity index (χ1n) is 5.60. The lowest BCUT2D eigenvalue weighted by Gasteiger charge is -2.43. The van der Waals surface area contributed by atoms with Crippen molar-refractivity contribution in [1.82, 2.24) is 4.90 Å².